The molecule has 0 aliphatic heterocycles. The summed E-state index contributed by atoms with van der Waals surface area (Å²) >= 11 is 0. The molecule has 0 spiro atoms. The van der Waals surface area contributed by atoms with E-state index in [-0.39, 0.29) is 0 Å². The maximum atomic E-state index is 8.79. The average Bonchev–Trinajstić information content (AvgIpc) is 2.70. The number of rotatable bonds is 2. The molecule has 13 heavy (non-hydrogen) atoms. The molecule has 0 atom stereocenters. The van der Waals surface area contributed by atoms with Gasteiger partial charge >= 0.3 is 0 Å². The van der Waals surface area contributed by atoms with E-state index in [1.54, 1.807) is 18.2 Å². The van der Waals surface area contributed by atoms with Gasteiger partial charge < -0.3 is 0 Å². The Bertz CT molecular complexity index is 386. The first-order valence-corrected chi connectivity index (χ1v) is 3.64. The third kappa shape index (κ3) is 1.34. The zero-order valence-electron chi connectivity index (χ0n) is 6.62. The van der Waals surface area contributed by atoms with Gasteiger partial charge in [0.2, 0.25) is 0 Å². The normalized spacial score (nSPS) is 9.92. The lowest BCUT2D eigenvalue weighted by atomic mass is 10.3. The standard InChI is InChI=1S/C7H7N5O/c13-9-6-3-1-2-4-7(6)12-5-8-10-11-12/h1-5,9,13H. The Balaban J connectivity index is 2.51. The summed E-state index contributed by atoms with van der Waals surface area (Å²) in [6.07, 6.45) is 1.45. The number of hydrogen-bond donors (Lipinski definition) is 2. The van der Waals surface area contributed by atoms with Gasteiger partial charge in [-0.25, -0.2) is 0 Å². The first kappa shape index (κ1) is 7.69. The molecule has 2 N–H and O–H groups in total. The largest absolute Gasteiger partial charge is 0.291 e. The molecule has 66 valence electrons. The summed E-state index contributed by atoms with van der Waals surface area (Å²) in [6.45, 7) is 0. The van der Waals surface area contributed by atoms with Gasteiger partial charge in [-0.3, -0.25) is 10.7 Å². The van der Waals surface area contributed by atoms with Crippen LogP contribution in [-0.4, -0.2) is 25.4 Å². The minimum Gasteiger partial charge on any atom is -0.291 e. The van der Waals surface area contributed by atoms with E-state index in [0.29, 0.717) is 11.4 Å². The molecule has 1 aromatic carbocycles. The van der Waals surface area contributed by atoms with Crippen LogP contribution in [0.3, 0.4) is 0 Å². The smallest absolute Gasteiger partial charge is 0.143 e. The molecule has 1 aromatic heterocycles. The van der Waals surface area contributed by atoms with Crippen molar-refractivity contribution in [2.24, 2.45) is 0 Å². The summed E-state index contributed by atoms with van der Waals surface area (Å²) in [4.78, 5) is 0. The molecule has 6 nitrogen and oxygen atoms in total. The van der Waals surface area contributed by atoms with Crippen molar-refractivity contribution in [3.05, 3.63) is 30.6 Å². The van der Waals surface area contributed by atoms with Crippen molar-refractivity contribution in [1.29, 1.82) is 0 Å². The van der Waals surface area contributed by atoms with Gasteiger partial charge in [0.25, 0.3) is 0 Å². The second kappa shape index (κ2) is 3.20. The van der Waals surface area contributed by atoms with Crippen molar-refractivity contribution in [1.82, 2.24) is 20.2 Å². The van der Waals surface area contributed by atoms with Gasteiger partial charge in [0.05, 0.1) is 11.4 Å². The summed E-state index contributed by atoms with van der Waals surface area (Å²) in [5.74, 6) is 0. The summed E-state index contributed by atoms with van der Waals surface area (Å²) in [5.41, 5.74) is 3.31. The zero-order chi connectivity index (χ0) is 9.10. The molecular weight excluding hydrogens is 170 g/mol. The van der Waals surface area contributed by atoms with Crippen LogP contribution in [0.5, 0.6) is 0 Å². The van der Waals surface area contributed by atoms with Gasteiger partial charge in [0.1, 0.15) is 6.33 Å². The maximum absolute atomic E-state index is 8.79. The predicted molar refractivity (Wildman–Crippen MR) is 44.6 cm³/mol. The Hall–Kier alpha value is -1.95. The molecule has 0 unspecified atom stereocenters. The molecular formula is C7H7N5O. The lowest BCUT2D eigenvalue weighted by Gasteiger charge is -2.04. The number of hydrogen-bond acceptors (Lipinski definition) is 5. The van der Waals surface area contributed by atoms with Crippen molar-refractivity contribution < 1.29 is 5.21 Å². The highest BCUT2D eigenvalue weighted by Crippen LogP contribution is 2.16. The van der Waals surface area contributed by atoms with Crippen LogP contribution in [0.2, 0.25) is 0 Å². The lowest BCUT2D eigenvalue weighted by Crippen LogP contribution is -2.00. The number of anilines is 1. The van der Waals surface area contributed by atoms with Crippen LogP contribution < -0.4 is 5.48 Å². The molecule has 0 radical (unpaired) electrons. The molecule has 0 aliphatic carbocycles. The fourth-order valence-corrected chi connectivity index (χ4v) is 1.04. The van der Waals surface area contributed by atoms with Crippen LogP contribution in [0.15, 0.2) is 30.6 Å². The topological polar surface area (TPSA) is 75.9 Å². The van der Waals surface area contributed by atoms with Crippen molar-refractivity contribution in [3.63, 3.8) is 0 Å². The van der Waals surface area contributed by atoms with Crippen molar-refractivity contribution >= 4 is 5.69 Å². The van der Waals surface area contributed by atoms with Crippen molar-refractivity contribution in [3.8, 4) is 5.69 Å². The average molecular weight is 177 g/mol. The number of nitrogens with one attached hydrogen (secondary N) is 1. The Kier molecular flexibility index (Phi) is 1.89. The highest BCUT2D eigenvalue weighted by Gasteiger charge is 2.02. The molecule has 2 aromatic rings. The molecule has 0 saturated heterocycles. The third-order valence-electron chi connectivity index (χ3n) is 1.62. The van der Waals surface area contributed by atoms with E-state index in [0.717, 1.165) is 0 Å². The number of tetrazole rings is 1. The second-order valence-electron chi connectivity index (χ2n) is 2.38. The van der Waals surface area contributed by atoms with Gasteiger partial charge in [-0.05, 0) is 22.6 Å². The predicted octanol–water partition coefficient (Wildman–Crippen LogP) is 0.463. The minimum absolute atomic E-state index is 0.551. The summed E-state index contributed by atoms with van der Waals surface area (Å²) in [6, 6.07) is 7.14. The van der Waals surface area contributed by atoms with Crippen LogP contribution >= 0.6 is 0 Å². The highest BCUT2D eigenvalue weighted by atomic mass is 16.5. The first-order chi connectivity index (χ1) is 6.42. The van der Waals surface area contributed by atoms with Crippen molar-refractivity contribution in [2.75, 3.05) is 5.48 Å². The lowest BCUT2D eigenvalue weighted by molar-refractivity contribution is 0.388. The number of para-hydroxylation sites is 2. The van der Waals surface area contributed by atoms with Gasteiger partial charge in [0.15, 0.2) is 0 Å². The third-order valence-corrected chi connectivity index (χ3v) is 1.62. The van der Waals surface area contributed by atoms with Crippen LogP contribution in [0.25, 0.3) is 5.69 Å². The van der Waals surface area contributed by atoms with E-state index in [2.05, 4.69) is 21.0 Å². The molecule has 0 fully saturated rings. The molecule has 2 rings (SSSR count). The number of aromatic nitrogens is 4. The van der Waals surface area contributed by atoms with Crippen LogP contribution in [0.1, 0.15) is 0 Å². The molecule has 0 bridgehead atoms. The molecule has 0 aliphatic rings. The van der Waals surface area contributed by atoms with Crippen LogP contribution in [-0.2, 0) is 0 Å². The quantitative estimate of drug-likeness (QED) is 0.652. The Labute approximate surface area is 73.8 Å². The van der Waals surface area contributed by atoms with E-state index in [1.807, 2.05) is 6.07 Å². The molecule has 6 heteroatoms. The maximum Gasteiger partial charge on any atom is 0.143 e. The molecule has 0 saturated carbocycles. The van der Waals surface area contributed by atoms with Gasteiger partial charge in [-0.1, -0.05) is 12.1 Å². The van der Waals surface area contributed by atoms with Crippen molar-refractivity contribution in [2.45, 2.75) is 0 Å². The first-order valence-electron chi connectivity index (χ1n) is 3.64. The SMILES string of the molecule is ONc1ccccc1-n1cnnn1. The van der Waals surface area contributed by atoms with Crippen LogP contribution in [0, 0.1) is 0 Å². The fourth-order valence-electron chi connectivity index (χ4n) is 1.04. The number of benzene rings is 1. The Morgan fingerprint density at radius 3 is 2.85 bits per heavy atom. The second-order valence-corrected chi connectivity index (χ2v) is 2.38. The monoisotopic (exact) mass is 177 g/mol. The van der Waals surface area contributed by atoms with E-state index in [4.69, 9.17) is 5.21 Å². The van der Waals surface area contributed by atoms with E-state index in [9.17, 15) is 0 Å². The summed E-state index contributed by atoms with van der Waals surface area (Å²) in [7, 11) is 0. The van der Waals surface area contributed by atoms with E-state index in [1.165, 1.54) is 11.0 Å². The molecule has 1 heterocycles. The minimum atomic E-state index is 0.551. The van der Waals surface area contributed by atoms with E-state index < -0.39 is 0 Å². The van der Waals surface area contributed by atoms with Crippen LogP contribution in [0.4, 0.5) is 5.69 Å². The number of nitrogens with zero attached hydrogens (tertiary/aromatic N) is 4. The Morgan fingerprint density at radius 1 is 1.31 bits per heavy atom. The van der Waals surface area contributed by atoms with Gasteiger partial charge in [-0.15, -0.1) is 5.10 Å². The Morgan fingerprint density at radius 2 is 2.15 bits per heavy atom. The van der Waals surface area contributed by atoms with Gasteiger partial charge in [-0.2, -0.15) is 4.68 Å². The summed E-state index contributed by atoms with van der Waals surface area (Å²) < 4.78 is 1.46. The fraction of sp³-hybridized carbons (Fsp3) is 0. The zero-order valence-corrected chi connectivity index (χ0v) is 6.62. The molecule has 0 amide bonds. The van der Waals surface area contributed by atoms with Gasteiger partial charge in [0, 0.05) is 0 Å². The van der Waals surface area contributed by atoms with E-state index >= 15 is 0 Å². The highest BCUT2D eigenvalue weighted by molar-refractivity contribution is 5.58. The summed E-state index contributed by atoms with van der Waals surface area (Å²) in [5, 5.41) is 19.5.